The van der Waals surface area contributed by atoms with Gasteiger partial charge in [-0.1, -0.05) is 24.9 Å². The molecule has 1 aromatic rings. The zero-order chi connectivity index (χ0) is 15.5. The molecule has 0 spiro atoms. The van der Waals surface area contributed by atoms with Crippen LogP contribution in [0.5, 0.6) is 0 Å². The van der Waals surface area contributed by atoms with Crippen molar-refractivity contribution in [1.29, 1.82) is 0 Å². The first kappa shape index (κ1) is 15.4. The lowest BCUT2D eigenvalue weighted by Crippen LogP contribution is -2.40. The Morgan fingerprint density at radius 1 is 1.33 bits per heavy atom. The van der Waals surface area contributed by atoms with Crippen LogP contribution in [0.4, 0.5) is 5.69 Å². The minimum absolute atomic E-state index is 0.0661. The molecule has 1 fully saturated rings. The summed E-state index contributed by atoms with van der Waals surface area (Å²) in [6, 6.07) is 7.15. The molecule has 21 heavy (non-hydrogen) atoms. The van der Waals surface area contributed by atoms with Gasteiger partial charge >= 0.3 is 0 Å². The highest BCUT2D eigenvalue weighted by Crippen LogP contribution is 2.42. The Balaban J connectivity index is 2.19. The zero-order valence-corrected chi connectivity index (χ0v) is 12.7. The highest BCUT2D eigenvalue weighted by Gasteiger charge is 2.41. The average Bonchev–Trinajstić information content (AvgIpc) is 3.03. The van der Waals surface area contributed by atoms with E-state index in [-0.39, 0.29) is 17.2 Å². The zero-order valence-electron chi connectivity index (χ0n) is 12.7. The first-order valence-corrected chi connectivity index (χ1v) is 7.40. The van der Waals surface area contributed by atoms with Crippen molar-refractivity contribution in [1.82, 2.24) is 0 Å². The Labute approximate surface area is 125 Å². The fourth-order valence-corrected chi connectivity index (χ4v) is 3.16. The molecule has 0 bridgehead atoms. The van der Waals surface area contributed by atoms with Crippen LogP contribution in [0.15, 0.2) is 29.4 Å². The van der Waals surface area contributed by atoms with Gasteiger partial charge in [-0.05, 0) is 43.5 Å². The summed E-state index contributed by atoms with van der Waals surface area (Å²) < 4.78 is 0. The van der Waals surface area contributed by atoms with Crippen LogP contribution in [0.2, 0.25) is 0 Å². The van der Waals surface area contributed by atoms with Crippen molar-refractivity contribution in [3.8, 4) is 0 Å². The summed E-state index contributed by atoms with van der Waals surface area (Å²) in [5.41, 5.74) is 6.81. The predicted molar refractivity (Wildman–Crippen MR) is 83.6 cm³/mol. The van der Waals surface area contributed by atoms with E-state index in [9.17, 15) is 4.79 Å². The van der Waals surface area contributed by atoms with Gasteiger partial charge in [0.05, 0.1) is 0 Å². The summed E-state index contributed by atoms with van der Waals surface area (Å²) in [6.07, 6.45) is 5.12. The molecule has 1 amide bonds. The summed E-state index contributed by atoms with van der Waals surface area (Å²) in [5, 5.41) is 11.6. The van der Waals surface area contributed by atoms with Crippen LogP contribution >= 0.6 is 0 Å². The van der Waals surface area contributed by atoms with Crippen molar-refractivity contribution in [2.45, 2.75) is 39.0 Å². The predicted octanol–water partition coefficient (Wildman–Crippen LogP) is 2.71. The molecule has 5 nitrogen and oxygen atoms in total. The molecule has 0 atom stereocenters. The molecule has 0 unspecified atom stereocenters. The van der Waals surface area contributed by atoms with Gasteiger partial charge in [-0.3, -0.25) is 4.79 Å². The first-order valence-electron chi connectivity index (χ1n) is 7.40. The van der Waals surface area contributed by atoms with E-state index in [0.29, 0.717) is 5.56 Å². The molecular weight excluding hydrogens is 266 g/mol. The highest BCUT2D eigenvalue weighted by atomic mass is 16.4. The van der Waals surface area contributed by atoms with Crippen molar-refractivity contribution in [2.75, 3.05) is 11.9 Å². The van der Waals surface area contributed by atoms with E-state index in [4.69, 9.17) is 10.9 Å². The summed E-state index contributed by atoms with van der Waals surface area (Å²) in [4.78, 5) is 14.5. The third-order valence-corrected chi connectivity index (χ3v) is 4.65. The van der Waals surface area contributed by atoms with Gasteiger partial charge in [0.25, 0.3) is 0 Å². The number of hydrogen-bond donors (Lipinski definition) is 2. The number of hydrogen-bond acceptors (Lipinski definition) is 3. The maximum atomic E-state index is 12.8. The quantitative estimate of drug-likeness (QED) is 0.387. The number of amides is 1. The Kier molecular flexibility index (Phi) is 4.50. The van der Waals surface area contributed by atoms with Gasteiger partial charge in [-0.25, -0.2) is 0 Å². The SMILES string of the molecule is CCC1(C(=O)N(C)c2ccc(/C(N)=N/O)cc2)CCCC1. The second-order valence-corrected chi connectivity index (χ2v) is 5.74. The average molecular weight is 289 g/mol. The molecule has 2 rings (SSSR count). The summed E-state index contributed by atoms with van der Waals surface area (Å²) in [5.74, 6) is 0.260. The van der Waals surface area contributed by atoms with Gasteiger partial charge in [-0.15, -0.1) is 0 Å². The van der Waals surface area contributed by atoms with Gasteiger partial charge < -0.3 is 15.8 Å². The van der Waals surface area contributed by atoms with E-state index in [1.807, 2.05) is 19.2 Å². The second-order valence-electron chi connectivity index (χ2n) is 5.74. The van der Waals surface area contributed by atoms with Crippen molar-refractivity contribution in [3.63, 3.8) is 0 Å². The van der Waals surface area contributed by atoms with Crippen LogP contribution in [-0.4, -0.2) is 24.0 Å². The van der Waals surface area contributed by atoms with Crippen molar-refractivity contribution < 1.29 is 10.0 Å². The fraction of sp³-hybridized carbons (Fsp3) is 0.500. The van der Waals surface area contributed by atoms with E-state index in [1.54, 1.807) is 17.0 Å². The number of oxime groups is 1. The van der Waals surface area contributed by atoms with Gasteiger partial charge in [-0.2, -0.15) is 0 Å². The number of benzene rings is 1. The van der Waals surface area contributed by atoms with Gasteiger partial charge in [0.1, 0.15) is 0 Å². The summed E-state index contributed by atoms with van der Waals surface area (Å²) in [7, 11) is 1.82. The van der Waals surface area contributed by atoms with Crippen LogP contribution < -0.4 is 10.6 Å². The number of rotatable bonds is 4. The van der Waals surface area contributed by atoms with Gasteiger partial charge in [0.2, 0.25) is 5.91 Å². The Morgan fingerprint density at radius 3 is 2.38 bits per heavy atom. The van der Waals surface area contributed by atoms with E-state index >= 15 is 0 Å². The number of carbonyl (C=O) groups is 1. The third-order valence-electron chi connectivity index (χ3n) is 4.65. The highest BCUT2D eigenvalue weighted by molar-refractivity contribution is 5.99. The first-order chi connectivity index (χ1) is 10.0. The Hall–Kier alpha value is -2.04. The van der Waals surface area contributed by atoms with E-state index in [2.05, 4.69) is 12.1 Å². The van der Waals surface area contributed by atoms with Gasteiger partial charge in [0, 0.05) is 23.7 Å². The molecule has 114 valence electrons. The number of anilines is 1. The molecule has 0 heterocycles. The molecule has 5 heteroatoms. The van der Waals surface area contributed by atoms with Crippen molar-refractivity contribution in [2.24, 2.45) is 16.3 Å². The van der Waals surface area contributed by atoms with Crippen LogP contribution in [0.3, 0.4) is 0 Å². The Bertz CT molecular complexity index is 531. The molecule has 3 N–H and O–H groups in total. The molecule has 1 aromatic carbocycles. The number of carbonyl (C=O) groups excluding carboxylic acids is 1. The lowest BCUT2D eigenvalue weighted by molar-refractivity contribution is -0.127. The molecule has 1 aliphatic rings. The summed E-state index contributed by atoms with van der Waals surface area (Å²) in [6.45, 7) is 2.10. The molecule has 0 aromatic heterocycles. The number of nitrogens with two attached hydrogens (primary N) is 1. The normalized spacial score (nSPS) is 17.7. The van der Waals surface area contributed by atoms with Crippen molar-refractivity contribution in [3.05, 3.63) is 29.8 Å². The van der Waals surface area contributed by atoms with E-state index < -0.39 is 0 Å². The molecular formula is C16H23N3O2. The topological polar surface area (TPSA) is 78.9 Å². The standard InChI is InChI=1S/C16H23N3O2/c1-3-16(10-4-5-11-16)15(20)19(2)13-8-6-12(7-9-13)14(17)18-21/h6-9,21H,3-5,10-11H2,1-2H3,(H2,17,18). The number of amidine groups is 1. The van der Waals surface area contributed by atoms with Crippen molar-refractivity contribution >= 4 is 17.4 Å². The molecule has 0 saturated heterocycles. The summed E-state index contributed by atoms with van der Waals surface area (Å²) >= 11 is 0. The van der Waals surface area contributed by atoms with E-state index in [0.717, 1.165) is 37.8 Å². The van der Waals surface area contributed by atoms with Crippen LogP contribution in [0.1, 0.15) is 44.6 Å². The largest absolute Gasteiger partial charge is 0.409 e. The van der Waals surface area contributed by atoms with Crippen LogP contribution in [-0.2, 0) is 4.79 Å². The number of nitrogens with zero attached hydrogens (tertiary/aromatic N) is 2. The maximum Gasteiger partial charge on any atom is 0.232 e. The smallest absolute Gasteiger partial charge is 0.232 e. The minimum atomic E-state index is -0.195. The molecule has 1 saturated carbocycles. The monoisotopic (exact) mass is 289 g/mol. The fourth-order valence-electron chi connectivity index (χ4n) is 3.16. The van der Waals surface area contributed by atoms with Crippen LogP contribution in [0, 0.1) is 5.41 Å². The second kappa shape index (κ2) is 6.16. The minimum Gasteiger partial charge on any atom is -0.409 e. The lowest BCUT2D eigenvalue weighted by Gasteiger charge is -2.31. The van der Waals surface area contributed by atoms with Crippen LogP contribution in [0.25, 0.3) is 0 Å². The van der Waals surface area contributed by atoms with E-state index in [1.165, 1.54) is 0 Å². The molecule has 0 aliphatic heterocycles. The molecule has 0 radical (unpaired) electrons. The maximum absolute atomic E-state index is 12.8. The van der Waals surface area contributed by atoms with Gasteiger partial charge in [0.15, 0.2) is 5.84 Å². The lowest BCUT2D eigenvalue weighted by atomic mass is 9.82. The third kappa shape index (κ3) is 2.86. The molecule has 1 aliphatic carbocycles. The Morgan fingerprint density at radius 2 is 1.90 bits per heavy atom.